The van der Waals surface area contributed by atoms with Gasteiger partial charge in [0.1, 0.15) is 6.54 Å². The minimum Gasteiger partial charge on any atom is -0.493 e. The van der Waals surface area contributed by atoms with E-state index >= 15 is 0 Å². The van der Waals surface area contributed by atoms with Crippen LogP contribution in [0.4, 0.5) is 13.2 Å². The maximum Gasteiger partial charge on any atom is 0.416 e. The number of carbonyl (C=O) groups is 2. The molecule has 0 unspecified atom stereocenters. The van der Waals surface area contributed by atoms with Gasteiger partial charge in [-0.2, -0.15) is 18.2 Å². The molecule has 3 rings (SSSR count). The number of amides is 1. The Labute approximate surface area is 178 Å². The van der Waals surface area contributed by atoms with Crippen molar-refractivity contribution in [3.63, 3.8) is 0 Å². The predicted octanol–water partition coefficient (Wildman–Crippen LogP) is 3.65. The van der Waals surface area contributed by atoms with Gasteiger partial charge in [0, 0.05) is 17.7 Å². The van der Waals surface area contributed by atoms with E-state index in [1.165, 1.54) is 25.9 Å². The Hall–Kier alpha value is -3.34. The average molecular weight is 454 g/mol. The number of halogens is 3. The lowest BCUT2D eigenvalue weighted by Gasteiger charge is -2.09. The third-order valence-electron chi connectivity index (χ3n) is 4.36. The van der Waals surface area contributed by atoms with Crippen molar-refractivity contribution in [2.75, 3.05) is 21.3 Å². The van der Waals surface area contributed by atoms with Crippen LogP contribution in [-0.4, -0.2) is 37.8 Å². The molecule has 0 bridgehead atoms. The van der Waals surface area contributed by atoms with Crippen LogP contribution in [0.1, 0.15) is 15.9 Å². The molecule has 7 nitrogen and oxygen atoms in total. The smallest absolute Gasteiger partial charge is 0.416 e. The topological polar surface area (TPSA) is 79.1 Å². The Morgan fingerprint density at radius 3 is 2.19 bits per heavy atom. The van der Waals surface area contributed by atoms with Crippen molar-refractivity contribution in [2.24, 2.45) is 4.99 Å². The molecule has 3 aromatic rings. The van der Waals surface area contributed by atoms with Crippen LogP contribution in [0.15, 0.2) is 41.4 Å². The van der Waals surface area contributed by atoms with Gasteiger partial charge in [0.05, 0.1) is 37.1 Å². The van der Waals surface area contributed by atoms with Crippen LogP contribution in [0.5, 0.6) is 11.5 Å². The van der Waals surface area contributed by atoms with Crippen LogP contribution in [0, 0.1) is 0 Å². The summed E-state index contributed by atoms with van der Waals surface area (Å²) in [4.78, 5) is 28.7. The van der Waals surface area contributed by atoms with Crippen molar-refractivity contribution < 1.29 is 37.0 Å². The number of methoxy groups -OCH3 is 3. The zero-order valence-electron chi connectivity index (χ0n) is 16.6. The predicted molar refractivity (Wildman–Crippen MR) is 106 cm³/mol. The number of nitrogens with zero attached hydrogens (tertiary/aromatic N) is 2. The summed E-state index contributed by atoms with van der Waals surface area (Å²) >= 11 is 1.11. The number of hydrogen-bond acceptors (Lipinski definition) is 6. The first-order valence-electron chi connectivity index (χ1n) is 8.76. The molecule has 0 saturated carbocycles. The van der Waals surface area contributed by atoms with Crippen LogP contribution >= 0.6 is 11.3 Å². The highest BCUT2D eigenvalue weighted by atomic mass is 32.1. The van der Waals surface area contributed by atoms with Crippen LogP contribution in [0.2, 0.25) is 0 Å². The molecule has 0 aliphatic rings. The Bertz CT molecular complexity index is 1200. The Kier molecular flexibility index (Phi) is 6.34. The second kappa shape index (κ2) is 8.80. The summed E-state index contributed by atoms with van der Waals surface area (Å²) in [6.07, 6.45) is -4.51. The maximum atomic E-state index is 12.7. The van der Waals surface area contributed by atoms with Crippen LogP contribution < -0.4 is 14.3 Å². The molecular formula is C20H17F3N2O5S. The van der Waals surface area contributed by atoms with Crippen molar-refractivity contribution in [2.45, 2.75) is 12.7 Å². The molecule has 0 radical (unpaired) electrons. The second-order valence-electron chi connectivity index (χ2n) is 6.21. The number of fused-ring (bicyclic) bond motifs is 1. The Balaban J connectivity index is 2.12. The fraction of sp³-hybridized carbons (Fsp3) is 0.250. The molecule has 0 N–H and O–H groups in total. The zero-order valence-corrected chi connectivity index (χ0v) is 17.5. The fourth-order valence-electron chi connectivity index (χ4n) is 2.78. The highest BCUT2D eigenvalue weighted by Crippen LogP contribution is 2.33. The van der Waals surface area contributed by atoms with Crippen LogP contribution in [0.25, 0.3) is 10.2 Å². The zero-order chi connectivity index (χ0) is 22.8. The lowest BCUT2D eigenvalue weighted by atomic mass is 10.1. The van der Waals surface area contributed by atoms with E-state index in [-0.39, 0.29) is 16.9 Å². The number of esters is 1. The van der Waals surface area contributed by atoms with Gasteiger partial charge in [0.25, 0.3) is 5.91 Å². The number of ether oxygens (including phenoxy) is 3. The molecular weight excluding hydrogens is 437 g/mol. The van der Waals surface area contributed by atoms with Gasteiger partial charge in [0.15, 0.2) is 16.3 Å². The number of thiazole rings is 1. The van der Waals surface area contributed by atoms with Gasteiger partial charge < -0.3 is 18.8 Å². The van der Waals surface area contributed by atoms with Crippen LogP contribution in [0.3, 0.4) is 0 Å². The third-order valence-corrected chi connectivity index (χ3v) is 5.40. The summed E-state index contributed by atoms with van der Waals surface area (Å²) in [5, 5.41) is 0. The lowest BCUT2D eigenvalue weighted by molar-refractivity contribution is -0.141. The SMILES string of the molecule is COC(=O)Cn1c(=NC(=O)c2ccc(C(F)(F)F)cc2)sc2cc(OC)c(OC)cc21. The Morgan fingerprint density at radius 2 is 1.65 bits per heavy atom. The van der Waals surface area contributed by atoms with E-state index in [1.807, 2.05) is 0 Å². The molecule has 0 spiro atoms. The molecule has 1 heterocycles. The normalized spacial score (nSPS) is 12.1. The molecule has 1 amide bonds. The van der Waals surface area contributed by atoms with Gasteiger partial charge in [0.2, 0.25) is 0 Å². The minimum absolute atomic E-state index is 0.0229. The highest BCUT2D eigenvalue weighted by molar-refractivity contribution is 7.16. The Morgan fingerprint density at radius 1 is 1.03 bits per heavy atom. The van der Waals surface area contributed by atoms with Crippen molar-refractivity contribution in [1.29, 1.82) is 0 Å². The van der Waals surface area contributed by atoms with Gasteiger partial charge in [-0.3, -0.25) is 9.59 Å². The van der Waals surface area contributed by atoms with Crippen molar-refractivity contribution >= 4 is 33.4 Å². The fourth-order valence-corrected chi connectivity index (χ4v) is 3.82. The van der Waals surface area contributed by atoms with E-state index in [0.29, 0.717) is 21.7 Å². The number of benzene rings is 2. The summed E-state index contributed by atoms with van der Waals surface area (Å²) in [6, 6.07) is 7.04. The number of rotatable bonds is 5. The van der Waals surface area contributed by atoms with E-state index in [2.05, 4.69) is 4.99 Å². The third kappa shape index (κ3) is 4.71. The van der Waals surface area contributed by atoms with Gasteiger partial charge in [-0.15, -0.1) is 0 Å². The molecule has 0 aliphatic heterocycles. The molecule has 164 valence electrons. The quantitative estimate of drug-likeness (QED) is 0.550. The number of hydrogen-bond donors (Lipinski definition) is 0. The van der Waals surface area contributed by atoms with Crippen molar-refractivity contribution in [1.82, 2.24) is 4.57 Å². The summed E-state index contributed by atoms with van der Waals surface area (Å²) in [5.74, 6) is -0.468. The number of carbonyl (C=O) groups excluding carboxylic acids is 2. The van der Waals surface area contributed by atoms with Crippen molar-refractivity contribution in [3.8, 4) is 11.5 Å². The van der Waals surface area contributed by atoms with E-state index in [9.17, 15) is 22.8 Å². The first kappa shape index (κ1) is 22.3. The van der Waals surface area contributed by atoms with Crippen molar-refractivity contribution in [3.05, 3.63) is 52.3 Å². The molecule has 1 aromatic heterocycles. The number of alkyl halides is 3. The highest BCUT2D eigenvalue weighted by Gasteiger charge is 2.30. The standard InChI is InChI=1S/C20H17F3N2O5S/c1-28-14-8-13-16(9-15(14)29-2)31-19(25(13)10-17(26)30-3)24-18(27)11-4-6-12(7-5-11)20(21,22)23/h4-9H,10H2,1-3H3. The summed E-state index contributed by atoms with van der Waals surface area (Å²) in [7, 11) is 4.16. The molecule has 2 aromatic carbocycles. The average Bonchev–Trinajstić information content (AvgIpc) is 3.07. The molecule has 0 aliphatic carbocycles. The lowest BCUT2D eigenvalue weighted by Crippen LogP contribution is -2.22. The number of aromatic nitrogens is 1. The van der Waals surface area contributed by atoms with E-state index < -0.39 is 23.6 Å². The molecule has 0 fully saturated rings. The second-order valence-corrected chi connectivity index (χ2v) is 7.22. The van der Waals surface area contributed by atoms with Gasteiger partial charge in [-0.1, -0.05) is 11.3 Å². The van der Waals surface area contributed by atoms with Gasteiger partial charge in [-0.25, -0.2) is 0 Å². The summed E-state index contributed by atoms with van der Waals surface area (Å²) in [6.45, 7) is -0.231. The molecule has 11 heteroatoms. The monoisotopic (exact) mass is 454 g/mol. The summed E-state index contributed by atoms with van der Waals surface area (Å²) in [5.41, 5.74) is -0.344. The van der Waals surface area contributed by atoms with E-state index in [0.717, 1.165) is 35.6 Å². The largest absolute Gasteiger partial charge is 0.493 e. The van der Waals surface area contributed by atoms with Crippen LogP contribution in [-0.2, 0) is 22.3 Å². The van der Waals surface area contributed by atoms with Gasteiger partial charge >= 0.3 is 12.1 Å². The van der Waals surface area contributed by atoms with E-state index in [4.69, 9.17) is 14.2 Å². The first-order chi connectivity index (χ1) is 14.7. The maximum absolute atomic E-state index is 12.7. The summed E-state index contributed by atoms with van der Waals surface area (Å²) < 4.78 is 55.6. The van der Waals surface area contributed by atoms with Gasteiger partial charge in [-0.05, 0) is 24.3 Å². The molecule has 0 saturated heterocycles. The first-order valence-corrected chi connectivity index (χ1v) is 9.58. The minimum atomic E-state index is -4.51. The molecule has 31 heavy (non-hydrogen) atoms. The van der Waals surface area contributed by atoms with E-state index in [1.54, 1.807) is 12.1 Å². The molecule has 0 atom stereocenters.